The van der Waals surface area contributed by atoms with Crippen LogP contribution in [0, 0.1) is 11.7 Å². The van der Waals surface area contributed by atoms with Crippen molar-refractivity contribution in [3.63, 3.8) is 0 Å². The van der Waals surface area contributed by atoms with Crippen molar-refractivity contribution in [2.24, 2.45) is 5.92 Å². The van der Waals surface area contributed by atoms with E-state index in [1.54, 1.807) is 19.2 Å². The Bertz CT molecular complexity index is 708. The van der Waals surface area contributed by atoms with Crippen LogP contribution in [0.15, 0.2) is 42.5 Å². The standard InChI is InChI=1S/C20H23F2NO2/c1-24-20-7-6-16(22)11-18(20)17-10-15(17)13-23-12-14-4-2-3-5-19(14)25-9-8-21/h2-7,11,15,17,23H,8-10,12-13H2,1H3. The molecule has 5 heteroatoms. The molecule has 2 unspecified atom stereocenters. The van der Waals surface area contributed by atoms with E-state index < -0.39 is 6.67 Å². The number of para-hydroxylation sites is 1. The van der Waals surface area contributed by atoms with E-state index in [9.17, 15) is 8.78 Å². The minimum atomic E-state index is -0.499. The van der Waals surface area contributed by atoms with Gasteiger partial charge < -0.3 is 14.8 Å². The van der Waals surface area contributed by atoms with Crippen molar-refractivity contribution in [1.29, 1.82) is 0 Å². The highest BCUT2D eigenvalue weighted by Crippen LogP contribution is 2.50. The van der Waals surface area contributed by atoms with Crippen LogP contribution in [0.5, 0.6) is 11.5 Å². The molecular weight excluding hydrogens is 324 g/mol. The summed E-state index contributed by atoms with van der Waals surface area (Å²) < 4.78 is 36.6. The molecule has 3 nitrogen and oxygen atoms in total. The van der Waals surface area contributed by atoms with E-state index in [1.165, 1.54) is 6.07 Å². The van der Waals surface area contributed by atoms with Crippen LogP contribution in [0.3, 0.4) is 0 Å². The number of hydrogen-bond donors (Lipinski definition) is 1. The summed E-state index contributed by atoms with van der Waals surface area (Å²) in [4.78, 5) is 0. The van der Waals surface area contributed by atoms with Crippen molar-refractivity contribution in [1.82, 2.24) is 5.32 Å². The van der Waals surface area contributed by atoms with Crippen LogP contribution in [-0.4, -0.2) is 26.9 Å². The Labute approximate surface area is 147 Å². The molecule has 1 aliphatic carbocycles. The van der Waals surface area contributed by atoms with E-state index in [1.807, 2.05) is 24.3 Å². The molecule has 2 aromatic carbocycles. The molecule has 1 fully saturated rings. The zero-order chi connectivity index (χ0) is 17.6. The molecule has 134 valence electrons. The van der Waals surface area contributed by atoms with Crippen LogP contribution >= 0.6 is 0 Å². The van der Waals surface area contributed by atoms with Crippen LogP contribution in [0.1, 0.15) is 23.5 Å². The summed E-state index contributed by atoms with van der Waals surface area (Å²) in [7, 11) is 1.61. The maximum Gasteiger partial charge on any atom is 0.123 e. The van der Waals surface area contributed by atoms with E-state index in [-0.39, 0.29) is 12.4 Å². The summed E-state index contributed by atoms with van der Waals surface area (Å²) in [5.74, 6) is 2.03. The highest BCUT2D eigenvalue weighted by Gasteiger charge is 2.39. The molecule has 25 heavy (non-hydrogen) atoms. The average Bonchev–Trinajstić information content (AvgIpc) is 3.40. The van der Waals surface area contributed by atoms with Crippen LogP contribution in [0.4, 0.5) is 8.78 Å². The lowest BCUT2D eigenvalue weighted by atomic mass is 10.1. The van der Waals surface area contributed by atoms with Gasteiger partial charge in [-0.05, 0) is 49.1 Å². The number of alkyl halides is 1. The second kappa shape index (κ2) is 8.30. The average molecular weight is 347 g/mol. The fraction of sp³-hybridized carbons (Fsp3) is 0.400. The largest absolute Gasteiger partial charge is 0.496 e. The zero-order valence-electron chi connectivity index (χ0n) is 14.3. The molecular formula is C20H23F2NO2. The molecule has 0 heterocycles. The minimum absolute atomic E-state index is 0.0705. The van der Waals surface area contributed by atoms with E-state index in [2.05, 4.69) is 5.32 Å². The smallest absolute Gasteiger partial charge is 0.123 e. The maximum atomic E-state index is 13.5. The molecule has 0 saturated heterocycles. The summed E-state index contributed by atoms with van der Waals surface area (Å²) >= 11 is 0. The molecule has 1 N–H and O–H groups in total. The number of ether oxygens (including phenoxy) is 2. The third kappa shape index (κ3) is 4.48. The van der Waals surface area contributed by atoms with Gasteiger partial charge in [0.1, 0.15) is 30.6 Å². The second-order valence-corrected chi connectivity index (χ2v) is 6.26. The predicted molar refractivity (Wildman–Crippen MR) is 93.4 cm³/mol. The van der Waals surface area contributed by atoms with E-state index in [4.69, 9.17) is 9.47 Å². The molecule has 0 amide bonds. The van der Waals surface area contributed by atoms with Gasteiger partial charge in [-0.2, -0.15) is 0 Å². The molecule has 2 aromatic rings. The van der Waals surface area contributed by atoms with Crippen LogP contribution < -0.4 is 14.8 Å². The summed E-state index contributed by atoms with van der Waals surface area (Å²) in [6.45, 7) is 1.07. The van der Waals surface area contributed by atoms with Gasteiger partial charge in [0.05, 0.1) is 7.11 Å². The molecule has 1 aliphatic rings. The number of nitrogens with one attached hydrogen (secondary N) is 1. The Morgan fingerprint density at radius 1 is 1.16 bits per heavy atom. The molecule has 1 saturated carbocycles. The first kappa shape index (κ1) is 17.7. The summed E-state index contributed by atoms with van der Waals surface area (Å²) in [5.41, 5.74) is 1.96. The molecule has 0 aliphatic heterocycles. The van der Waals surface area contributed by atoms with Gasteiger partial charge in [0, 0.05) is 17.7 Å². The number of methoxy groups -OCH3 is 1. The normalized spacial score (nSPS) is 18.8. The van der Waals surface area contributed by atoms with Gasteiger partial charge in [-0.15, -0.1) is 0 Å². The maximum absolute atomic E-state index is 13.5. The van der Waals surface area contributed by atoms with Crippen molar-refractivity contribution in [2.75, 3.05) is 26.9 Å². The van der Waals surface area contributed by atoms with Crippen molar-refractivity contribution >= 4 is 0 Å². The number of rotatable bonds is 9. The lowest BCUT2D eigenvalue weighted by Crippen LogP contribution is -2.17. The van der Waals surface area contributed by atoms with Gasteiger partial charge in [-0.1, -0.05) is 18.2 Å². The van der Waals surface area contributed by atoms with Crippen LogP contribution in [0.25, 0.3) is 0 Å². The van der Waals surface area contributed by atoms with Crippen molar-refractivity contribution in [3.8, 4) is 11.5 Å². The quantitative estimate of drug-likeness (QED) is 0.742. The molecule has 0 radical (unpaired) electrons. The van der Waals surface area contributed by atoms with Gasteiger partial charge in [-0.25, -0.2) is 8.78 Å². The van der Waals surface area contributed by atoms with Crippen molar-refractivity contribution in [3.05, 3.63) is 59.4 Å². The Balaban J connectivity index is 1.53. The van der Waals surface area contributed by atoms with Crippen LogP contribution in [-0.2, 0) is 6.54 Å². The molecule has 2 atom stereocenters. The highest BCUT2D eigenvalue weighted by molar-refractivity contribution is 5.40. The van der Waals surface area contributed by atoms with E-state index in [0.717, 1.165) is 29.8 Å². The fourth-order valence-corrected chi connectivity index (χ4v) is 3.18. The summed E-state index contributed by atoms with van der Waals surface area (Å²) in [5, 5.41) is 3.42. The number of benzene rings is 2. The first-order valence-corrected chi connectivity index (χ1v) is 8.53. The van der Waals surface area contributed by atoms with Crippen molar-refractivity contribution < 1.29 is 18.3 Å². The van der Waals surface area contributed by atoms with Gasteiger partial charge in [-0.3, -0.25) is 0 Å². The Kier molecular flexibility index (Phi) is 5.87. The Hall–Kier alpha value is -2.14. The minimum Gasteiger partial charge on any atom is -0.496 e. The van der Waals surface area contributed by atoms with Crippen molar-refractivity contribution in [2.45, 2.75) is 18.9 Å². The Morgan fingerprint density at radius 3 is 2.80 bits per heavy atom. The molecule has 0 spiro atoms. The second-order valence-electron chi connectivity index (χ2n) is 6.26. The van der Waals surface area contributed by atoms with Gasteiger partial charge >= 0.3 is 0 Å². The predicted octanol–water partition coefficient (Wildman–Crippen LogP) is 4.08. The Morgan fingerprint density at radius 2 is 2.00 bits per heavy atom. The summed E-state index contributed by atoms with van der Waals surface area (Å²) in [6, 6.07) is 12.3. The summed E-state index contributed by atoms with van der Waals surface area (Å²) in [6.07, 6.45) is 1.02. The van der Waals surface area contributed by atoms with Gasteiger partial charge in [0.15, 0.2) is 0 Å². The SMILES string of the molecule is COc1ccc(F)cc1C1CC1CNCc1ccccc1OCCF. The van der Waals surface area contributed by atoms with Gasteiger partial charge in [0.25, 0.3) is 0 Å². The molecule has 0 aromatic heterocycles. The van der Waals surface area contributed by atoms with Crippen LogP contribution in [0.2, 0.25) is 0 Å². The molecule has 3 rings (SSSR count). The van der Waals surface area contributed by atoms with E-state index >= 15 is 0 Å². The fourth-order valence-electron chi connectivity index (χ4n) is 3.18. The number of halogens is 2. The van der Waals surface area contributed by atoms with Gasteiger partial charge in [0.2, 0.25) is 0 Å². The zero-order valence-corrected chi connectivity index (χ0v) is 14.3. The monoisotopic (exact) mass is 347 g/mol. The third-order valence-electron chi connectivity index (χ3n) is 4.54. The lowest BCUT2D eigenvalue weighted by Gasteiger charge is -2.11. The topological polar surface area (TPSA) is 30.5 Å². The number of hydrogen-bond acceptors (Lipinski definition) is 3. The molecule has 0 bridgehead atoms. The highest BCUT2D eigenvalue weighted by atomic mass is 19.1. The first-order valence-electron chi connectivity index (χ1n) is 8.53. The van der Waals surface area contributed by atoms with E-state index in [0.29, 0.717) is 24.1 Å². The first-order chi connectivity index (χ1) is 12.2. The third-order valence-corrected chi connectivity index (χ3v) is 4.54. The lowest BCUT2D eigenvalue weighted by molar-refractivity contribution is 0.270.